The average molecular weight is 527 g/mol. The Morgan fingerprint density at radius 3 is 2.33 bits per heavy atom. The van der Waals surface area contributed by atoms with Crippen LogP contribution in [0.15, 0.2) is 53.4 Å². The van der Waals surface area contributed by atoms with Crippen molar-refractivity contribution in [3.05, 3.63) is 65.4 Å². The third-order valence-electron chi connectivity index (χ3n) is 5.55. The van der Waals surface area contributed by atoms with E-state index in [9.17, 15) is 31.2 Å². The van der Waals surface area contributed by atoms with Gasteiger partial charge in [0.2, 0.25) is 0 Å². The molecule has 1 amide bonds. The van der Waals surface area contributed by atoms with Crippen molar-refractivity contribution in [2.24, 2.45) is 7.05 Å². The maximum absolute atomic E-state index is 13.0. The number of rotatable bonds is 9. The van der Waals surface area contributed by atoms with E-state index < -0.39 is 45.2 Å². The van der Waals surface area contributed by atoms with Crippen molar-refractivity contribution >= 4 is 32.6 Å². The van der Waals surface area contributed by atoms with E-state index in [1.807, 2.05) is 0 Å². The maximum Gasteiger partial charge on any atom is 0.416 e. The van der Waals surface area contributed by atoms with Gasteiger partial charge in [0.1, 0.15) is 12.3 Å². The lowest BCUT2D eigenvalue weighted by Gasteiger charge is -2.15. The van der Waals surface area contributed by atoms with E-state index in [1.165, 1.54) is 48.1 Å². The second kappa shape index (κ2) is 10.7. The first-order valence-electron chi connectivity index (χ1n) is 10.8. The van der Waals surface area contributed by atoms with Gasteiger partial charge < -0.3 is 19.4 Å². The molecule has 1 N–H and O–H groups in total. The number of methoxy groups -OCH3 is 1. The molecule has 36 heavy (non-hydrogen) atoms. The largest absolute Gasteiger partial charge is 0.462 e. The third kappa shape index (κ3) is 6.24. The summed E-state index contributed by atoms with van der Waals surface area (Å²) < 4.78 is 75.0. The van der Waals surface area contributed by atoms with Crippen LogP contribution in [0, 0.1) is 0 Å². The highest BCUT2D eigenvalue weighted by molar-refractivity contribution is 7.92. The molecule has 12 heteroatoms. The Hall–Kier alpha value is -3.38. The van der Waals surface area contributed by atoms with E-state index >= 15 is 0 Å². The molecule has 2 aromatic carbocycles. The lowest BCUT2D eigenvalue weighted by atomic mass is 10.1. The third-order valence-corrected chi connectivity index (χ3v) is 7.15. The number of esters is 1. The van der Waals surface area contributed by atoms with Crippen LogP contribution in [0.4, 0.5) is 13.2 Å². The number of ether oxygens (including phenoxy) is 2. The molecule has 0 aliphatic carbocycles. The van der Waals surface area contributed by atoms with Gasteiger partial charge in [0.05, 0.1) is 23.1 Å². The zero-order valence-electron chi connectivity index (χ0n) is 19.8. The van der Waals surface area contributed by atoms with Gasteiger partial charge in [0.25, 0.3) is 5.91 Å². The van der Waals surface area contributed by atoms with Crippen LogP contribution in [0.2, 0.25) is 0 Å². The summed E-state index contributed by atoms with van der Waals surface area (Å²) in [6, 6.07) is 9.76. The number of nitrogens with one attached hydrogen (secondary N) is 1. The van der Waals surface area contributed by atoms with Crippen molar-refractivity contribution in [2.75, 3.05) is 26.1 Å². The number of halogens is 3. The van der Waals surface area contributed by atoms with Gasteiger partial charge in [0.15, 0.2) is 15.6 Å². The number of sulfone groups is 1. The molecule has 0 unspecified atom stereocenters. The summed E-state index contributed by atoms with van der Waals surface area (Å²) in [5, 5.41) is 3.04. The summed E-state index contributed by atoms with van der Waals surface area (Å²) in [6.07, 6.45) is -4.50. The summed E-state index contributed by atoms with van der Waals surface area (Å²) in [7, 11) is -0.926. The number of aryl methyl sites for hydroxylation is 1. The molecule has 0 radical (unpaired) electrons. The molecular formula is C24H25F3N2O6S. The lowest BCUT2D eigenvalue weighted by molar-refractivity contribution is -0.141. The standard InChI is InChI=1S/C24H25F3N2O6S/c1-15(16-4-7-19(8-5-16)36(32,33)14-22(30)35-11-10-34-3)28-23(31)21-13-17-12-18(24(25,26)27)6-9-20(17)29(21)2/h4-9,12-13,15H,10-11,14H2,1-3H3,(H,28,31)/t15-/m1/s1. The van der Waals surface area contributed by atoms with Gasteiger partial charge >= 0.3 is 12.1 Å². The quantitative estimate of drug-likeness (QED) is 0.337. The zero-order chi connectivity index (χ0) is 26.7. The van der Waals surface area contributed by atoms with Gasteiger partial charge in [-0.25, -0.2) is 8.42 Å². The molecule has 0 spiro atoms. The number of benzene rings is 2. The van der Waals surface area contributed by atoms with Crippen LogP contribution < -0.4 is 5.32 Å². The molecule has 3 rings (SSSR count). The second-order valence-electron chi connectivity index (χ2n) is 8.10. The average Bonchev–Trinajstić information content (AvgIpc) is 3.14. The smallest absolute Gasteiger partial charge is 0.416 e. The minimum atomic E-state index is -4.50. The number of amides is 1. The van der Waals surface area contributed by atoms with Crippen molar-refractivity contribution in [1.82, 2.24) is 9.88 Å². The minimum Gasteiger partial charge on any atom is -0.462 e. The first-order chi connectivity index (χ1) is 16.8. The van der Waals surface area contributed by atoms with Gasteiger partial charge in [-0.1, -0.05) is 12.1 Å². The van der Waals surface area contributed by atoms with Gasteiger partial charge in [-0.2, -0.15) is 13.2 Å². The van der Waals surface area contributed by atoms with Crippen LogP contribution in [-0.4, -0.2) is 50.9 Å². The van der Waals surface area contributed by atoms with Crippen LogP contribution in [0.3, 0.4) is 0 Å². The topological polar surface area (TPSA) is 104 Å². The number of fused-ring (bicyclic) bond motifs is 1. The number of carbonyl (C=O) groups excluding carboxylic acids is 2. The molecule has 3 aromatic rings. The Balaban J connectivity index is 1.70. The fourth-order valence-electron chi connectivity index (χ4n) is 3.58. The van der Waals surface area contributed by atoms with Crippen LogP contribution >= 0.6 is 0 Å². The van der Waals surface area contributed by atoms with E-state index in [2.05, 4.69) is 5.32 Å². The maximum atomic E-state index is 13.0. The Labute approximate surface area is 205 Å². The van der Waals surface area contributed by atoms with Crippen LogP contribution in [0.25, 0.3) is 10.9 Å². The SMILES string of the molecule is COCCOC(=O)CS(=O)(=O)c1ccc([C@@H](C)NC(=O)c2cc3cc(C(F)(F)F)ccc3n2C)cc1. The van der Waals surface area contributed by atoms with Gasteiger partial charge in [-0.15, -0.1) is 0 Å². The highest BCUT2D eigenvalue weighted by atomic mass is 32.2. The second-order valence-corrected chi connectivity index (χ2v) is 10.1. The van der Waals surface area contributed by atoms with Crippen LogP contribution in [-0.2, 0) is 37.3 Å². The molecule has 0 saturated heterocycles. The highest BCUT2D eigenvalue weighted by Crippen LogP contribution is 2.32. The molecule has 0 saturated carbocycles. The predicted octanol–water partition coefficient (Wildman–Crippen LogP) is 3.65. The van der Waals surface area contributed by atoms with E-state index in [0.717, 1.165) is 12.1 Å². The fourth-order valence-corrected chi connectivity index (χ4v) is 4.69. The zero-order valence-corrected chi connectivity index (χ0v) is 20.6. The summed E-state index contributed by atoms with van der Waals surface area (Å²) in [6.45, 7) is 1.78. The van der Waals surface area contributed by atoms with Gasteiger partial charge in [-0.05, 0) is 48.9 Å². The Bertz CT molecular complexity index is 1360. The molecule has 0 fully saturated rings. The Morgan fingerprint density at radius 2 is 1.72 bits per heavy atom. The molecule has 1 aromatic heterocycles. The first-order valence-corrected chi connectivity index (χ1v) is 12.4. The van der Waals surface area contributed by atoms with Crippen molar-refractivity contribution in [2.45, 2.75) is 24.0 Å². The van der Waals surface area contributed by atoms with Crippen molar-refractivity contribution < 1.29 is 40.7 Å². The first kappa shape index (κ1) is 27.2. The van der Waals surface area contributed by atoms with Crippen LogP contribution in [0.5, 0.6) is 0 Å². The Kier molecular flexibility index (Phi) is 8.09. The number of hydrogen-bond acceptors (Lipinski definition) is 6. The summed E-state index contributed by atoms with van der Waals surface area (Å²) >= 11 is 0. The monoisotopic (exact) mass is 526 g/mol. The normalized spacial score (nSPS) is 12.9. The predicted molar refractivity (Wildman–Crippen MR) is 125 cm³/mol. The molecule has 1 heterocycles. The number of nitrogens with zero attached hydrogens (tertiary/aromatic N) is 1. The molecular weight excluding hydrogens is 501 g/mol. The number of carbonyl (C=O) groups is 2. The fraction of sp³-hybridized carbons (Fsp3) is 0.333. The molecule has 0 bridgehead atoms. The van der Waals surface area contributed by atoms with Gasteiger partial charge in [0, 0.05) is 25.1 Å². The van der Waals surface area contributed by atoms with Crippen molar-refractivity contribution in [3.63, 3.8) is 0 Å². The molecule has 0 aliphatic rings. The van der Waals surface area contributed by atoms with E-state index in [1.54, 1.807) is 14.0 Å². The molecule has 0 aliphatic heterocycles. The number of alkyl halides is 3. The van der Waals surface area contributed by atoms with Crippen LogP contribution in [0.1, 0.15) is 34.6 Å². The van der Waals surface area contributed by atoms with E-state index in [-0.39, 0.29) is 29.2 Å². The Morgan fingerprint density at radius 1 is 1.06 bits per heavy atom. The summed E-state index contributed by atoms with van der Waals surface area (Å²) in [5.41, 5.74) is 0.417. The summed E-state index contributed by atoms with van der Waals surface area (Å²) in [4.78, 5) is 24.5. The van der Waals surface area contributed by atoms with Gasteiger partial charge in [-0.3, -0.25) is 9.59 Å². The summed E-state index contributed by atoms with van der Waals surface area (Å²) in [5.74, 6) is -2.22. The van der Waals surface area contributed by atoms with E-state index in [0.29, 0.717) is 11.1 Å². The molecule has 8 nitrogen and oxygen atoms in total. The lowest BCUT2D eigenvalue weighted by Crippen LogP contribution is -2.28. The van der Waals surface area contributed by atoms with Crippen molar-refractivity contribution in [1.29, 1.82) is 0 Å². The van der Waals surface area contributed by atoms with Crippen molar-refractivity contribution in [3.8, 4) is 0 Å². The molecule has 1 atom stereocenters. The molecule has 194 valence electrons. The van der Waals surface area contributed by atoms with E-state index in [4.69, 9.17) is 9.47 Å². The number of aromatic nitrogens is 1. The number of hydrogen-bond donors (Lipinski definition) is 1. The minimum absolute atomic E-state index is 0.0544. The highest BCUT2D eigenvalue weighted by Gasteiger charge is 2.31.